The standard InChI is InChI=1S/C17H19NO3.ClH/c1-12(19)21-15-9-7-14(8-10-15)17(18)16(20)11-13-5-3-2-4-6-13;/h2-10,16-17,20H,11,18H2,1H3;1H/t16-,17+;/m0./s1. The van der Waals surface area contributed by atoms with Crippen molar-refractivity contribution in [3.63, 3.8) is 0 Å². The maximum Gasteiger partial charge on any atom is 0.308 e. The first-order valence-corrected chi connectivity index (χ1v) is 6.82. The Bertz CT molecular complexity index is 587. The molecule has 0 amide bonds. The van der Waals surface area contributed by atoms with Crippen LogP contribution in [0.1, 0.15) is 24.1 Å². The van der Waals surface area contributed by atoms with Gasteiger partial charge in [-0.15, -0.1) is 12.4 Å². The largest absolute Gasteiger partial charge is 0.427 e. The third kappa shape index (κ3) is 5.15. The fourth-order valence-electron chi connectivity index (χ4n) is 2.13. The summed E-state index contributed by atoms with van der Waals surface area (Å²) in [6.07, 6.45) is -0.180. The Labute approximate surface area is 136 Å². The summed E-state index contributed by atoms with van der Waals surface area (Å²) in [7, 11) is 0. The normalized spacial score (nSPS) is 12.9. The summed E-state index contributed by atoms with van der Waals surface area (Å²) in [6.45, 7) is 1.35. The van der Waals surface area contributed by atoms with Crippen molar-refractivity contribution in [2.45, 2.75) is 25.5 Å². The monoisotopic (exact) mass is 321 g/mol. The fourth-order valence-corrected chi connectivity index (χ4v) is 2.13. The number of esters is 1. The van der Waals surface area contributed by atoms with E-state index in [-0.39, 0.29) is 18.4 Å². The van der Waals surface area contributed by atoms with Crippen LogP contribution in [0, 0.1) is 0 Å². The quantitative estimate of drug-likeness (QED) is 0.656. The lowest BCUT2D eigenvalue weighted by molar-refractivity contribution is -0.131. The minimum atomic E-state index is -0.674. The molecule has 0 saturated carbocycles. The summed E-state index contributed by atoms with van der Waals surface area (Å²) in [4.78, 5) is 10.9. The average molecular weight is 322 g/mol. The molecule has 0 fully saturated rings. The van der Waals surface area contributed by atoms with Crippen LogP contribution < -0.4 is 10.5 Å². The van der Waals surface area contributed by atoms with Crippen molar-refractivity contribution >= 4 is 18.4 Å². The molecule has 2 aromatic rings. The number of carbonyl (C=O) groups is 1. The van der Waals surface area contributed by atoms with E-state index in [4.69, 9.17) is 10.5 Å². The predicted octanol–water partition coefficient (Wildman–Crippen LogP) is 2.64. The predicted molar refractivity (Wildman–Crippen MR) is 88.1 cm³/mol. The highest BCUT2D eigenvalue weighted by Crippen LogP contribution is 2.20. The Balaban J connectivity index is 0.00000242. The van der Waals surface area contributed by atoms with E-state index < -0.39 is 12.1 Å². The SMILES string of the molecule is CC(=O)Oc1ccc([C@@H](N)[C@@H](O)Cc2ccccc2)cc1.Cl. The summed E-state index contributed by atoms with van der Waals surface area (Å²) in [5.74, 6) is 0.104. The summed E-state index contributed by atoms with van der Waals surface area (Å²) >= 11 is 0. The van der Waals surface area contributed by atoms with E-state index in [0.29, 0.717) is 12.2 Å². The van der Waals surface area contributed by atoms with Crippen molar-refractivity contribution in [3.05, 3.63) is 65.7 Å². The Morgan fingerprint density at radius 1 is 1.14 bits per heavy atom. The first kappa shape index (κ1) is 18.2. The second kappa shape index (κ2) is 8.54. The first-order chi connectivity index (χ1) is 10.1. The van der Waals surface area contributed by atoms with Gasteiger partial charge in [-0.2, -0.15) is 0 Å². The Kier molecular flexibility index (Phi) is 7.05. The molecule has 0 bridgehead atoms. The lowest BCUT2D eigenvalue weighted by Gasteiger charge is -2.19. The molecule has 2 aromatic carbocycles. The second-order valence-electron chi connectivity index (χ2n) is 4.95. The molecule has 0 spiro atoms. The summed E-state index contributed by atoms with van der Waals surface area (Å²) < 4.78 is 4.96. The fraction of sp³-hybridized carbons (Fsp3) is 0.235. The van der Waals surface area contributed by atoms with Crippen LogP contribution in [0.5, 0.6) is 5.75 Å². The van der Waals surface area contributed by atoms with Crippen molar-refractivity contribution in [1.82, 2.24) is 0 Å². The molecule has 5 heteroatoms. The molecule has 0 radical (unpaired) electrons. The van der Waals surface area contributed by atoms with Crippen molar-refractivity contribution in [2.75, 3.05) is 0 Å². The van der Waals surface area contributed by atoms with Crippen LogP contribution in [0.15, 0.2) is 54.6 Å². The highest BCUT2D eigenvalue weighted by Gasteiger charge is 2.17. The number of halogens is 1. The van der Waals surface area contributed by atoms with Gasteiger partial charge in [0.25, 0.3) is 0 Å². The molecule has 2 rings (SSSR count). The molecule has 0 aliphatic carbocycles. The van der Waals surface area contributed by atoms with Crippen molar-refractivity contribution in [3.8, 4) is 5.75 Å². The van der Waals surface area contributed by atoms with Crippen LogP contribution >= 0.6 is 12.4 Å². The van der Waals surface area contributed by atoms with Gasteiger partial charge >= 0.3 is 5.97 Å². The maximum absolute atomic E-state index is 10.9. The van der Waals surface area contributed by atoms with Gasteiger partial charge in [-0.05, 0) is 23.3 Å². The van der Waals surface area contributed by atoms with E-state index >= 15 is 0 Å². The summed E-state index contributed by atoms with van der Waals surface area (Å²) in [5, 5.41) is 10.2. The molecule has 0 aromatic heterocycles. The Morgan fingerprint density at radius 2 is 1.73 bits per heavy atom. The number of hydrogen-bond donors (Lipinski definition) is 2. The molecule has 118 valence electrons. The number of aliphatic hydroxyl groups is 1. The molecule has 0 heterocycles. The van der Waals surface area contributed by atoms with Crippen LogP contribution in [0.3, 0.4) is 0 Å². The molecule has 3 N–H and O–H groups in total. The Hall–Kier alpha value is -1.88. The van der Waals surface area contributed by atoms with Gasteiger partial charge in [-0.3, -0.25) is 4.79 Å². The van der Waals surface area contributed by atoms with Gasteiger partial charge in [-0.1, -0.05) is 42.5 Å². The lowest BCUT2D eigenvalue weighted by Crippen LogP contribution is -2.28. The number of ether oxygens (including phenoxy) is 1. The van der Waals surface area contributed by atoms with Gasteiger partial charge in [0, 0.05) is 13.3 Å². The lowest BCUT2D eigenvalue weighted by atomic mass is 9.97. The first-order valence-electron chi connectivity index (χ1n) is 6.82. The van der Waals surface area contributed by atoms with Crippen LogP contribution in [-0.2, 0) is 11.2 Å². The summed E-state index contributed by atoms with van der Waals surface area (Å²) in [5.41, 5.74) is 7.92. The molecule has 0 aliphatic rings. The third-order valence-corrected chi connectivity index (χ3v) is 3.23. The highest BCUT2D eigenvalue weighted by atomic mass is 35.5. The van der Waals surface area contributed by atoms with Crippen molar-refractivity contribution in [1.29, 1.82) is 0 Å². The molecule has 2 atom stereocenters. The van der Waals surface area contributed by atoms with Crippen LogP contribution in [0.2, 0.25) is 0 Å². The van der Waals surface area contributed by atoms with Gasteiger partial charge in [0.1, 0.15) is 5.75 Å². The Morgan fingerprint density at radius 3 is 2.27 bits per heavy atom. The number of hydrogen-bond acceptors (Lipinski definition) is 4. The van der Waals surface area contributed by atoms with Gasteiger partial charge in [0.2, 0.25) is 0 Å². The van der Waals surface area contributed by atoms with Gasteiger partial charge < -0.3 is 15.6 Å². The van der Waals surface area contributed by atoms with Crippen molar-refractivity contribution < 1.29 is 14.6 Å². The van der Waals surface area contributed by atoms with E-state index in [0.717, 1.165) is 11.1 Å². The van der Waals surface area contributed by atoms with E-state index in [2.05, 4.69) is 0 Å². The molecule has 22 heavy (non-hydrogen) atoms. The zero-order valence-corrected chi connectivity index (χ0v) is 13.1. The number of aliphatic hydroxyl groups excluding tert-OH is 1. The van der Waals surface area contributed by atoms with Crippen LogP contribution in [0.4, 0.5) is 0 Å². The minimum Gasteiger partial charge on any atom is -0.427 e. The summed E-state index contributed by atoms with van der Waals surface area (Å²) in [6, 6.07) is 16.1. The number of nitrogens with two attached hydrogens (primary N) is 1. The number of rotatable bonds is 5. The van der Waals surface area contributed by atoms with Gasteiger partial charge in [0.15, 0.2) is 0 Å². The average Bonchev–Trinajstić information content (AvgIpc) is 2.47. The van der Waals surface area contributed by atoms with Crippen LogP contribution in [0.25, 0.3) is 0 Å². The number of benzene rings is 2. The molecular formula is C17H20ClNO3. The minimum absolute atomic E-state index is 0. The van der Waals surface area contributed by atoms with Gasteiger partial charge in [-0.25, -0.2) is 0 Å². The zero-order chi connectivity index (χ0) is 15.2. The van der Waals surface area contributed by atoms with E-state index in [9.17, 15) is 9.90 Å². The van der Waals surface area contributed by atoms with E-state index in [1.165, 1.54) is 6.92 Å². The molecule has 4 nitrogen and oxygen atoms in total. The van der Waals surface area contributed by atoms with Gasteiger partial charge in [0.05, 0.1) is 12.1 Å². The third-order valence-electron chi connectivity index (χ3n) is 3.23. The molecule has 0 saturated heterocycles. The smallest absolute Gasteiger partial charge is 0.308 e. The highest BCUT2D eigenvalue weighted by molar-refractivity contribution is 5.85. The maximum atomic E-state index is 10.9. The number of carbonyl (C=O) groups excluding carboxylic acids is 1. The zero-order valence-electron chi connectivity index (χ0n) is 12.3. The van der Waals surface area contributed by atoms with Crippen LogP contribution in [-0.4, -0.2) is 17.2 Å². The van der Waals surface area contributed by atoms with Crippen molar-refractivity contribution in [2.24, 2.45) is 5.73 Å². The molecule has 0 unspecified atom stereocenters. The van der Waals surface area contributed by atoms with E-state index in [1.807, 2.05) is 30.3 Å². The topological polar surface area (TPSA) is 72.5 Å². The second-order valence-corrected chi connectivity index (χ2v) is 4.95. The molecule has 0 aliphatic heterocycles. The van der Waals surface area contributed by atoms with E-state index in [1.54, 1.807) is 24.3 Å². The molecular weight excluding hydrogens is 302 g/mol.